The Labute approximate surface area is 309 Å². The lowest BCUT2D eigenvalue weighted by molar-refractivity contribution is 0.0913. The molecule has 0 aliphatic heterocycles. The van der Waals surface area contributed by atoms with Gasteiger partial charge in [-0.2, -0.15) is 0 Å². The average molecular weight is 712 g/mol. The van der Waals surface area contributed by atoms with Crippen LogP contribution in [0.15, 0.2) is 70.4 Å². The van der Waals surface area contributed by atoms with Crippen molar-refractivity contribution in [2.24, 2.45) is 17.3 Å². The summed E-state index contributed by atoms with van der Waals surface area (Å²) in [7, 11) is 0. The number of aromatic nitrogens is 1. The molecule has 3 aromatic rings. The van der Waals surface area contributed by atoms with Crippen LogP contribution in [0.5, 0.6) is 0 Å². The highest BCUT2D eigenvalue weighted by atomic mass is 35.5. The van der Waals surface area contributed by atoms with Crippen molar-refractivity contribution in [3.8, 4) is 11.3 Å². The smallest absolute Gasteiger partial charge is 0.200 e. The number of furan rings is 1. The van der Waals surface area contributed by atoms with Crippen molar-refractivity contribution in [1.82, 2.24) is 4.98 Å². The number of fused-ring (bicyclic) bond motifs is 1. The minimum absolute atomic E-state index is 0.0676. The maximum Gasteiger partial charge on any atom is 0.200 e. The number of aliphatic hydroxyl groups is 1. The summed E-state index contributed by atoms with van der Waals surface area (Å²) in [5, 5.41) is 9.80. The summed E-state index contributed by atoms with van der Waals surface area (Å²) >= 11 is 5.79. The van der Waals surface area contributed by atoms with E-state index in [0.29, 0.717) is 39.3 Å². The van der Waals surface area contributed by atoms with E-state index in [9.17, 15) is 14.3 Å². The zero-order valence-corrected chi connectivity index (χ0v) is 34.7. The summed E-state index contributed by atoms with van der Waals surface area (Å²) in [6.07, 6.45) is 9.99. The van der Waals surface area contributed by atoms with Crippen LogP contribution in [0.1, 0.15) is 152 Å². The van der Waals surface area contributed by atoms with Crippen molar-refractivity contribution in [2.45, 2.75) is 141 Å². The molecular formula is C44H67ClFNO3. The van der Waals surface area contributed by atoms with Crippen molar-refractivity contribution in [3.63, 3.8) is 0 Å². The van der Waals surface area contributed by atoms with E-state index in [1.54, 1.807) is 18.2 Å². The van der Waals surface area contributed by atoms with E-state index < -0.39 is 5.82 Å². The number of allylic oxidation sites excluding steroid dienone is 5. The topological polar surface area (TPSA) is 63.3 Å². The van der Waals surface area contributed by atoms with Gasteiger partial charge < -0.3 is 9.52 Å². The largest absolute Gasteiger partial charge is 0.512 e. The van der Waals surface area contributed by atoms with Gasteiger partial charge in [0.1, 0.15) is 11.3 Å². The van der Waals surface area contributed by atoms with Crippen LogP contribution < -0.4 is 0 Å². The van der Waals surface area contributed by atoms with Gasteiger partial charge in [0.15, 0.2) is 11.3 Å². The molecule has 1 N–H and O–H groups in total. The molecule has 0 saturated carbocycles. The molecule has 0 spiro atoms. The van der Waals surface area contributed by atoms with E-state index in [4.69, 9.17) is 16.0 Å². The zero-order valence-electron chi connectivity index (χ0n) is 33.9. The van der Waals surface area contributed by atoms with Gasteiger partial charge in [-0.05, 0) is 61.3 Å². The first-order valence-electron chi connectivity index (χ1n) is 18.2. The molecule has 0 amide bonds. The fourth-order valence-electron chi connectivity index (χ4n) is 4.59. The van der Waals surface area contributed by atoms with Gasteiger partial charge in [0.05, 0.1) is 16.5 Å². The van der Waals surface area contributed by atoms with Crippen LogP contribution in [0.3, 0.4) is 0 Å². The first-order valence-corrected chi connectivity index (χ1v) is 18.6. The summed E-state index contributed by atoms with van der Waals surface area (Å²) < 4.78 is 19.8. The van der Waals surface area contributed by atoms with Crippen LogP contribution in [0, 0.1) is 23.1 Å². The summed E-state index contributed by atoms with van der Waals surface area (Å²) in [6.45, 7) is 34.9. The molecule has 0 aliphatic rings. The lowest BCUT2D eigenvalue weighted by Crippen LogP contribution is -2.12. The maximum absolute atomic E-state index is 13.9. The number of Topliss-reactive ketones (excluding diaryl/α,β-unsaturated/α-hetero) is 1. The number of unbranched alkanes of at least 4 members (excludes halogenated alkanes) is 1. The van der Waals surface area contributed by atoms with Crippen LogP contribution in [-0.2, 0) is 5.41 Å². The number of aliphatic hydroxyl groups excluding tert-OH is 1. The lowest BCUT2D eigenvalue weighted by Gasteiger charge is -2.20. The third-order valence-electron chi connectivity index (χ3n) is 8.02. The van der Waals surface area contributed by atoms with Gasteiger partial charge in [0.25, 0.3) is 0 Å². The Hall–Kier alpha value is -3.18. The average Bonchev–Trinajstić information content (AvgIpc) is 3.48. The molecule has 6 heteroatoms. The number of hydrogen-bond donors (Lipinski definition) is 1. The molecule has 50 heavy (non-hydrogen) atoms. The summed E-state index contributed by atoms with van der Waals surface area (Å²) in [5.74, 6) is 0.302. The van der Waals surface area contributed by atoms with E-state index in [0.717, 1.165) is 23.1 Å². The second kappa shape index (κ2) is 21.9. The zero-order chi connectivity index (χ0) is 39.0. The molecule has 1 aromatic carbocycles. The highest BCUT2D eigenvalue weighted by Gasteiger charge is 2.25. The number of pyridine rings is 1. The summed E-state index contributed by atoms with van der Waals surface area (Å²) in [4.78, 5) is 16.9. The van der Waals surface area contributed by atoms with Gasteiger partial charge in [-0.3, -0.25) is 4.79 Å². The highest BCUT2D eigenvalue weighted by molar-refractivity contribution is 6.30. The summed E-state index contributed by atoms with van der Waals surface area (Å²) in [6, 6.07) is 8.16. The number of carbonyl (C=O) groups excluding carboxylic acids is 1. The Balaban J connectivity index is 0.000000831. The minimum Gasteiger partial charge on any atom is -0.512 e. The van der Waals surface area contributed by atoms with Crippen molar-refractivity contribution in [2.75, 3.05) is 0 Å². The van der Waals surface area contributed by atoms with E-state index in [-0.39, 0.29) is 28.1 Å². The monoisotopic (exact) mass is 711 g/mol. The Morgan fingerprint density at radius 2 is 1.56 bits per heavy atom. The first-order chi connectivity index (χ1) is 23.1. The second-order valence-electron chi connectivity index (χ2n) is 15.6. The number of hydrogen-bond acceptors (Lipinski definition) is 4. The number of halogens is 2. The van der Waals surface area contributed by atoms with Gasteiger partial charge >= 0.3 is 0 Å². The van der Waals surface area contributed by atoms with E-state index in [1.807, 2.05) is 46.8 Å². The van der Waals surface area contributed by atoms with Crippen molar-refractivity contribution in [3.05, 3.63) is 88.1 Å². The Kier molecular flexibility index (Phi) is 20.5. The third kappa shape index (κ3) is 16.2. The number of rotatable bonds is 9. The number of benzene rings is 1. The molecule has 2 heterocycles. The van der Waals surface area contributed by atoms with Crippen LogP contribution >= 0.6 is 11.6 Å². The van der Waals surface area contributed by atoms with E-state index in [2.05, 4.69) is 80.8 Å². The number of carbonyl (C=O) groups is 1. The molecule has 0 fully saturated rings. The van der Waals surface area contributed by atoms with Gasteiger partial charge in [-0.1, -0.05) is 151 Å². The molecule has 1 atom stereocenters. The molecule has 1 unspecified atom stereocenters. The molecule has 4 nitrogen and oxygen atoms in total. The van der Waals surface area contributed by atoms with Gasteiger partial charge in [0, 0.05) is 29.0 Å². The first kappa shape index (κ1) is 46.8. The molecule has 2 aromatic heterocycles. The number of nitrogens with zero attached hydrogens (tertiary/aromatic N) is 1. The number of ketones is 1. The van der Waals surface area contributed by atoms with Crippen molar-refractivity contribution in [1.29, 1.82) is 0 Å². The summed E-state index contributed by atoms with van der Waals surface area (Å²) in [5.41, 5.74) is 5.66. The molecule has 0 radical (unpaired) electrons. The van der Waals surface area contributed by atoms with Gasteiger partial charge in [0.2, 0.25) is 5.78 Å². The highest BCUT2D eigenvalue weighted by Crippen LogP contribution is 2.35. The predicted molar refractivity (Wildman–Crippen MR) is 216 cm³/mol. The Morgan fingerprint density at radius 1 is 0.980 bits per heavy atom. The SMILES string of the molecule is C=C/C(C)=C\C(C)=C(\O)C(C)CC.CC(C)C(=O)c1cc2nc(-c3ccc(Cl)c(F)c3)cc(C(C)(C)C)c2o1.CCCC.CCCC(C)(C)C. The Morgan fingerprint density at radius 3 is 1.96 bits per heavy atom. The van der Waals surface area contributed by atoms with Crippen molar-refractivity contribution >= 4 is 28.5 Å². The van der Waals surface area contributed by atoms with E-state index in [1.165, 1.54) is 37.8 Å². The predicted octanol–water partition coefficient (Wildman–Crippen LogP) is 15.1. The third-order valence-corrected chi connectivity index (χ3v) is 8.33. The van der Waals surface area contributed by atoms with Gasteiger partial charge in [-0.25, -0.2) is 9.37 Å². The van der Waals surface area contributed by atoms with Crippen molar-refractivity contribution < 1.29 is 18.7 Å². The quantitative estimate of drug-likeness (QED) is 0.136. The Bertz CT molecular complexity index is 1560. The molecule has 0 bridgehead atoms. The van der Waals surface area contributed by atoms with Crippen LogP contribution in [0.25, 0.3) is 22.4 Å². The normalized spacial score (nSPS) is 12.9. The molecule has 280 valence electrons. The molecule has 0 saturated heterocycles. The minimum atomic E-state index is -0.494. The molecule has 0 aliphatic carbocycles. The standard InChI is InChI=1S/C21H21ClFNO2.C12H20O.C7H16.C4H10/c1-11(2)19(25)18-10-17-20(26-18)13(21(3,4)5)9-16(24-17)12-6-7-14(22)15(23)8-12;1-6-9(3)8-11(5)12(13)10(4)7-2;1-5-6-7(2,3)4;1-3-4-2/h6-11H,1-5H3;6,8,10,13H,1,7H2,2-5H3;5-6H2,1-4H3;3-4H2,1-2H3/b;9-8-,12-11+;;. The molecule has 3 rings (SSSR count). The fourth-order valence-corrected chi connectivity index (χ4v) is 4.71. The van der Waals surface area contributed by atoms with Gasteiger partial charge in [-0.15, -0.1) is 0 Å². The lowest BCUT2D eigenvalue weighted by atomic mass is 9.86. The van der Waals surface area contributed by atoms with Crippen LogP contribution in [0.2, 0.25) is 5.02 Å². The second-order valence-corrected chi connectivity index (χ2v) is 16.0. The maximum atomic E-state index is 13.9. The molecular weight excluding hydrogens is 645 g/mol. The fraction of sp³-hybridized carbons (Fsp3) is 0.545. The van der Waals surface area contributed by atoms with Crippen LogP contribution in [-0.4, -0.2) is 15.9 Å². The van der Waals surface area contributed by atoms with Crippen LogP contribution in [0.4, 0.5) is 4.39 Å². The van der Waals surface area contributed by atoms with E-state index >= 15 is 0 Å².